The summed E-state index contributed by atoms with van der Waals surface area (Å²) in [5.41, 5.74) is 1.65. The predicted molar refractivity (Wildman–Crippen MR) is 46.2 cm³/mol. The molecule has 0 saturated heterocycles. The van der Waals surface area contributed by atoms with Crippen molar-refractivity contribution in [1.29, 1.82) is 0 Å². The molecule has 0 aromatic carbocycles. The second-order valence-electron chi connectivity index (χ2n) is 2.65. The summed E-state index contributed by atoms with van der Waals surface area (Å²) >= 11 is 5.72. The van der Waals surface area contributed by atoms with E-state index >= 15 is 0 Å². The van der Waals surface area contributed by atoms with Crippen molar-refractivity contribution in [2.75, 3.05) is 0 Å². The van der Waals surface area contributed by atoms with Gasteiger partial charge in [0.05, 0.1) is 0 Å². The first-order valence-corrected chi connectivity index (χ1v) is 3.74. The molecule has 1 heterocycles. The molecule has 1 aromatic heterocycles. The van der Waals surface area contributed by atoms with E-state index in [9.17, 15) is 4.79 Å². The van der Waals surface area contributed by atoms with Crippen LogP contribution in [0, 0.1) is 13.8 Å². The van der Waals surface area contributed by atoms with Crippen molar-refractivity contribution in [2.45, 2.75) is 13.8 Å². The van der Waals surface area contributed by atoms with Crippen molar-refractivity contribution in [3.8, 4) is 0 Å². The summed E-state index contributed by atoms with van der Waals surface area (Å²) in [7, 11) is 1.71. The molecule has 1 aromatic rings. The van der Waals surface area contributed by atoms with Crippen molar-refractivity contribution in [3.63, 3.8) is 0 Å². The molecule has 0 N–H and O–H groups in total. The highest BCUT2D eigenvalue weighted by Gasteiger charge is 2.03. The summed E-state index contributed by atoms with van der Waals surface area (Å²) in [5, 5.41) is 0.318. The van der Waals surface area contributed by atoms with Crippen LogP contribution in [-0.2, 0) is 7.05 Å². The molecule has 0 radical (unpaired) electrons. The summed E-state index contributed by atoms with van der Waals surface area (Å²) in [6.45, 7) is 3.71. The summed E-state index contributed by atoms with van der Waals surface area (Å²) < 4.78 is 1.54. The second-order valence-corrected chi connectivity index (χ2v) is 3.02. The van der Waals surface area contributed by atoms with Crippen LogP contribution in [0.5, 0.6) is 0 Å². The Morgan fingerprint density at radius 1 is 1.45 bits per heavy atom. The molecule has 0 bridgehead atoms. The molecule has 1 rings (SSSR count). The second kappa shape index (κ2) is 2.70. The van der Waals surface area contributed by atoms with Crippen molar-refractivity contribution in [1.82, 2.24) is 4.57 Å². The number of aryl methyl sites for hydroxylation is 2. The van der Waals surface area contributed by atoms with E-state index in [0.717, 1.165) is 11.3 Å². The number of rotatable bonds is 0. The minimum absolute atomic E-state index is 0.121. The fraction of sp³-hybridized carbons (Fsp3) is 0.375. The zero-order valence-electron chi connectivity index (χ0n) is 6.81. The Morgan fingerprint density at radius 2 is 2.00 bits per heavy atom. The zero-order valence-corrected chi connectivity index (χ0v) is 7.57. The van der Waals surface area contributed by atoms with E-state index in [2.05, 4.69) is 0 Å². The first-order chi connectivity index (χ1) is 5.04. The lowest BCUT2D eigenvalue weighted by molar-refractivity contribution is 0.815. The average molecular weight is 172 g/mol. The van der Waals surface area contributed by atoms with Gasteiger partial charge in [0.1, 0.15) is 5.02 Å². The van der Waals surface area contributed by atoms with Gasteiger partial charge >= 0.3 is 0 Å². The molecule has 0 aliphatic heterocycles. The van der Waals surface area contributed by atoms with E-state index < -0.39 is 0 Å². The van der Waals surface area contributed by atoms with Crippen LogP contribution in [0.4, 0.5) is 0 Å². The number of nitrogens with zero attached hydrogens (tertiary/aromatic N) is 1. The Morgan fingerprint density at radius 3 is 2.55 bits per heavy atom. The first-order valence-electron chi connectivity index (χ1n) is 3.36. The Bertz CT molecular complexity index is 311. The fourth-order valence-electron chi connectivity index (χ4n) is 0.950. The number of pyridine rings is 1. The normalized spacial score (nSPS) is 10.2. The largest absolute Gasteiger partial charge is 0.315 e. The van der Waals surface area contributed by atoms with Crippen molar-refractivity contribution >= 4 is 11.6 Å². The first kappa shape index (κ1) is 8.34. The molecule has 11 heavy (non-hydrogen) atoms. The standard InChI is InChI=1S/C8H10ClNO/c1-5-4-6(2)10(3)8(11)7(5)9/h4H,1-3H3. The molecular formula is C8H10ClNO. The van der Waals surface area contributed by atoms with Gasteiger partial charge < -0.3 is 4.57 Å². The zero-order chi connectivity index (χ0) is 8.59. The van der Waals surface area contributed by atoms with Gasteiger partial charge in [0.15, 0.2) is 0 Å². The van der Waals surface area contributed by atoms with Crippen molar-refractivity contribution in [2.24, 2.45) is 7.05 Å². The Hall–Kier alpha value is -0.760. The van der Waals surface area contributed by atoms with Crippen LogP contribution in [0.15, 0.2) is 10.9 Å². The van der Waals surface area contributed by atoms with Gasteiger partial charge in [-0.05, 0) is 25.5 Å². The SMILES string of the molecule is Cc1cc(C)n(C)c(=O)c1Cl. The number of aromatic nitrogens is 1. The van der Waals surface area contributed by atoms with Gasteiger partial charge in [-0.3, -0.25) is 4.79 Å². The molecule has 0 spiro atoms. The molecule has 0 amide bonds. The van der Waals surface area contributed by atoms with Gasteiger partial charge in [-0.25, -0.2) is 0 Å². The summed E-state index contributed by atoms with van der Waals surface area (Å²) in [6, 6.07) is 1.89. The highest BCUT2D eigenvalue weighted by molar-refractivity contribution is 6.31. The van der Waals surface area contributed by atoms with Gasteiger partial charge in [-0.15, -0.1) is 0 Å². The van der Waals surface area contributed by atoms with Crippen LogP contribution in [-0.4, -0.2) is 4.57 Å². The summed E-state index contributed by atoms with van der Waals surface area (Å²) in [6.07, 6.45) is 0. The summed E-state index contributed by atoms with van der Waals surface area (Å²) in [5.74, 6) is 0. The maximum absolute atomic E-state index is 11.2. The molecule has 2 nitrogen and oxygen atoms in total. The van der Waals surface area contributed by atoms with Crippen LogP contribution < -0.4 is 5.56 Å². The Labute approximate surface area is 70.4 Å². The maximum Gasteiger partial charge on any atom is 0.269 e. The third-order valence-corrected chi connectivity index (χ3v) is 2.25. The Kier molecular flexibility index (Phi) is 2.05. The van der Waals surface area contributed by atoms with Gasteiger partial charge in [0, 0.05) is 12.7 Å². The predicted octanol–water partition coefficient (Wildman–Crippen LogP) is 1.66. The van der Waals surface area contributed by atoms with Crippen molar-refractivity contribution < 1.29 is 0 Å². The molecule has 0 atom stereocenters. The van der Waals surface area contributed by atoms with Gasteiger partial charge in [-0.2, -0.15) is 0 Å². The van der Waals surface area contributed by atoms with Gasteiger partial charge in [0.25, 0.3) is 5.56 Å². The number of hydrogen-bond acceptors (Lipinski definition) is 1. The lowest BCUT2D eigenvalue weighted by Gasteiger charge is -2.04. The lowest BCUT2D eigenvalue weighted by atomic mass is 10.2. The van der Waals surface area contributed by atoms with Crippen molar-refractivity contribution in [3.05, 3.63) is 32.7 Å². The van der Waals surface area contributed by atoms with E-state index in [1.54, 1.807) is 7.05 Å². The van der Waals surface area contributed by atoms with Crippen LogP contribution >= 0.6 is 11.6 Å². The average Bonchev–Trinajstić information content (AvgIpc) is 1.97. The molecule has 60 valence electrons. The van der Waals surface area contributed by atoms with E-state index in [1.165, 1.54) is 4.57 Å². The minimum Gasteiger partial charge on any atom is -0.315 e. The van der Waals surface area contributed by atoms with E-state index in [-0.39, 0.29) is 5.56 Å². The molecule has 0 fully saturated rings. The minimum atomic E-state index is -0.121. The third kappa shape index (κ3) is 1.31. The summed E-state index contributed by atoms with van der Waals surface area (Å²) in [4.78, 5) is 11.2. The highest BCUT2D eigenvalue weighted by atomic mass is 35.5. The molecule has 0 unspecified atom stereocenters. The number of hydrogen-bond donors (Lipinski definition) is 0. The van der Waals surface area contributed by atoms with Crippen LogP contribution in [0.3, 0.4) is 0 Å². The number of halogens is 1. The quantitative estimate of drug-likeness (QED) is 0.582. The topological polar surface area (TPSA) is 22.0 Å². The van der Waals surface area contributed by atoms with Crippen LogP contribution in [0.25, 0.3) is 0 Å². The maximum atomic E-state index is 11.2. The molecule has 0 aliphatic rings. The molecule has 0 aliphatic carbocycles. The Balaban J connectivity index is 3.59. The smallest absolute Gasteiger partial charge is 0.269 e. The molecule has 0 saturated carbocycles. The third-order valence-electron chi connectivity index (χ3n) is 1.79. The van der Waals surface area contributed by atoms with E-state index in [1.807, 2.05) is 19.9 Å². The molecule has 3 heteroatoms. The van der Waals surface area contributed by atoms with E-state index in [0.29, 0.717) is 5.02 Å². The lowest BCUT2D eigenvalue weighted by Crippen LogP contribution is -2.19. The van der Waals surface area contributed by atoms with Crippen LogP contribution in [0.2, 0.25) is 5.02 Å². The van der Waals surface area contributed by atoms with Gasteiger partial charge in [-0.1, -0.05) is 11.6 Å². The van der Waals surface area contributed by atoms with E-state index in [4.69, 9.17) is 11.6 Å². The monoisotopic (exact) mass is 171 g/mol. The molecular weight excluding hydrogens is 162 g/mol. The van der Waals surface area contributed by atoms with Crippen LogP contribution in [0.1, 0.15) is 11.3 Å². The highest BCUT2D eigenvalue weighted by Crippen LogP contribution is 2.09. The fourth-order valence-corrected chi connectivity index (χ4v) is 1.13. The van der Waals surface area contributed by atoms with Gasteiger partial charge in [0.2, 0.25) is 0 Å².